The van der Waals surface area contributed by atoms with Gasteiger partial charge in [-0.15, -0.1) is 12.4 Å². The van der Waals surface area contributed by atoms with Crippen LogP contribution in [0.15, 0.2) is 0 Å². The van der Waals surface area contributed by atoms with E-state index in [1.165, 1.54) is 0 Å². The lowest BCUT2D eigenvalue weighted by atomic mass is 10.3. The van der Waals surface area contributed by atoms with E-state index in [9.17, 15) is 4.79 Å². The van der Waals surface area contributed by atoms with E-state index in [1.807, 2.05) is 13.2 Å². The number of thioether (sulfide) groups is 1. The van der Waals surface area contributed by atoms with E-state index in [0.29, 0.717) is 0 Å². The lowest BCUT2D eigenvalue weighted by Crippen LogP contribution is -2.44. The van der Waals surface area contributed by atoms with E-state index in [1.54, 1.807) is 11.8 Å². The Kier molecular flexibility index (Phi) is 10.0. The number of nitrogens with one attached hydrogen (secondary N) is 2. The molecule has 0 spiro atoms. The minimum Gasteiger partial charge on any atom is -0.355 e. The van der Waals surface area contributed by atoms with Gasteiger partial charge in [-0.3, -0.25) is 4.79 Å². The zero-order valence-electron chi connectivity index (χ0n) is 10.7. The smallest absolute Gasteiger partial charge is 0.232 e. The SMILES string of the molecule is CSC(C)C(=O)NCCCN1CCNCC1.Cl. The van der Waals surface area contributed by atoms with Crippen LogP contribution in [0.5, 0.6) is 0 Å². The van der Waals surface area contributed by atoms with Gasteiger partial charge in [0.05, 0.1) is 5.25 Å². The first-order chi connectivity index (χ1) is 7.74. The quantitative estimate of drug-likeness (QED) is 0.699. The average molecular weight is 282 g/mol. The van der Waals surface area contributed by atoms with E-state index in [0.717, 1.165) is 45.7 Å². The Morgan fingerprint density at radius 3 is 2.71 bits per heavy atom. The van der Waals surface area contributed by atoms with Crippen molar-refractivity contribution in [3.8, 4) is 0 Å². The molecule has 2 N–H and O–H groups in total. The summed E-state index contributed by atoms with van der Waals surface area (Å²) in [6.45, 7) is 8.29. The first kappa shape index (κ1) is 17.0. The summed E-state index contributed by atoms with van der Waals surface area (Å²) in [6, 6.07) is 0. The largest absolute Gasteiger partial charge is 0.355 e. The Hall–Kier alpha value is 0.0300. The highest BCUT2D eigenvalue weighted by atomic mass is 35.5. The van der Waals surface area contributed by atoms with Crippen LogP contribution >= 0.6 is 24.2 Å². The monoisotopic (exact) mass is 281 g/mol. The van der Waals surface area contributed by atoms with Crippen LogP contribution in [0.3, 0.4) is 0 Å². The maximum atomic E-state index is 11.5. The van der Waals surface area contributed by atoms with Gasteiger partial charge in [0.1, 0.15) is 0 Å². The molecule has 1 unspecified atom stereocenters. The van der Waals surface area contributed by atoms with Gasteiger partial charge in [-0.05, 0) is 26.1 Å². The van der Waals surface area contributed by atoms with Crippen molar-refractivity contribution in [2.45, 2.75) is 18.6 Å². The number of carbonyl (C=O) groups is 1. The van der Waals surface area contributed by atoms with Gasteiger partial charge in [-0.25, -0.2) is 0 Å². The molecule has 1 rings (SSSR count). The lowest BCUT2D eigenvalue weighted by Gasteiger charge is -2.27. The fourth-order valence-electron chi connectivity index (χ4n) is 1.70. The molecule has 0 bridgehead atoms. The van der Waals surface area contributed by atoms with Crippen LogP contribution in [0.25, 0.3) is 0 Å². The van der Waals surface area contributed by atoms with Gasteiger partial charge in [0.15, 0.2) is 0 Å². The molecular weight excluding hydrogens is 258 g/mol. The predicted molar refractivity (Wildman–Crippen MR) is 77.2 cm³/mol. The second kappa shape index (κ2) is 10.00. The summed E-state index contributed by atoms with van der Waals surface area (Å²) in [6.07, 6.45) is 3.01. The third-order valence-electron chi connectivity index (χ3n) is 2.88. The fourth-order valence-corrected chi connectivity index (χ4v) is 2.00. The molecular formula is C11H24ClN3OS. The van der Waals surface area contributed by atoms with Crippen molar-refractivity contribution in [1.29, 1.82) is 0 Å². The van der Waals surface area contributed by atoms with Crippen LogP contribution in [0.2, 0.25) is 0 Å². The molecule has 1 atom stereocenters. The van der Waals surface area contributed by atoms with Crippen LogP contribution in [-0.4, -0.2) is 61.6 Å². The van der Waals surface area contributed by atoms with Crippen LogP contribution in [0, 0.1) is 0 Å². The topological polar surface area (TPSA) is 44.4 Å². The Morgan fingerprint density at radius 2 is 2.12 bits per heavy atom. The van der Waals surface area contributed by atoms with E-state index in [-0.39, 0.29) is 23.6 Å². The number of carbonyl (C=O) groups excluding carboxylic acids is 1. The van der Waals surface area contributed by atoms with E-state index in [4.69, 9.17) is 0 Å². The second-order valence-electron chi connectivity index (χ2n) is 4.11. The summed E-state index contributed by atoms with van der Waals surface area (Å²) >= 11 is 1.59. The van der Waals surface area contributed by atoms with E-state index < -0.39 is 0 Å². The summed E-state index contributed by atoms with van der Waals surface area (Å²) in [5, 5.41) is 6.37. The summed E-state index contributed by atoms with van der Waals surface area (Å²) in [4.78, 5) is 13.9. The van der Waals surface area contributed by atoms with Crippen molar-refractivity contribution in [2.75, 3.05) is 45.5 Å². The van der Waals surface area contributed by atoms with Crippen molar-refractivity contribution in [1.82, 2.24) is 15.5 Å². The van der Waals surface area contributed by atoms with Crippen LogP contribution in [-0.2, 0) is 4.79 Å². The molecule has 0 aromatic heterocycles. The van der Waals surface area contributed by atoms with Crippen LogP contribution in [0.1, 0.15) is 13.3 Å². The van der Waals surface area contributed by atoms with Gasteiger partial charge < -0.3 is 15.5 Å². The molecule has 1 fully saturated rings. The molecule has 0 aromatic rings. The van der Waals surface area contributed by atoms with Gasteiger partial charge in [0.25, 0.3) is 0 Å². The van der Waals surface area contributed by atoms with Gasteiger partial charge in [-0.2, -0.15) is 11.8 Å². The summed E-state index contributed by atoms with van der Waals surface area (Å²) in [5.74, 6) is 0.160. The van der Waals surface area contributed by atoms with E-state index in [2.05, 4.69) is 15.5 Å². The molecule has 1 amide bonds. The van der Waals surface area contributed by atoms with Crippen molar-refractivity contribution < 1.29 is 4.79 Å². The van der Waals surface area contributed by atoms with Gasteiger partial charge in [0.2, 0.25) is 5.91 Å². The van der Waals surface area contributed by atoms with Crippen molar-refractivity contribution in [3.63, 3.8) is 0 Å². The Morgan fingerprint density at radius 1 is 1.47 bits per heavy atom. The minimum atomic E-state index is 0. The molecule has 1 aliphatic heterocycles. The molecule has 0 aliphatic carbocycles. The van der Waals surface area contributed by atoms with Crippen molar-refractivity contribution >= 4 is 30.1 Å². The standard InChI is InChI=1S/C11H23N3OS.ClH/c1-10(16-2)11(15)13-4-3-7-14-8-5-12-6-9-14;/h10,12H,3-9H2,1-2H3,(H,13,15);1H. The molecule has 1 saturated heterocycles. The second-order valence-corrected chi connectivity index (χ2v) is 5.29. The number of halogens is 1. The Balaban J connectivity index is 0.00000256. The maximum Gasteiger partial charge on any atom is 0.232 e. The van der Waals surface area contributed by atoms with Crippen LogP contribution in [0.4, 0.5) is 0 Å². The molecule has 102 valence electrons. The first-order valence-corrected chi connectivity index (χ1v) is 7.26. The number of piperazine rings is 1. The first-order valence-electron chi connectivity index (χ1n) is 5.97. The molecule has 6 heteroatoms. The highest BCUT2D eigenvalue weighted by molar-refractivity contribution is 7.99. The molecule has 0 saturated carbocycles. The molecule has 17 heavy (non-hydrogen) atoms. The van der Waals surface area contributed by atoms with Gasteiger partial charge in [-0.1, -0.05) is 0 Å². The highest BCUT2D eigenvalue weighted by Crippen LogP contribution is 2.04. The van der Waals surface area contributed by atoms with Crippen molar-refractivity contribution in [2.24, 2.45) is 0 Å². The lowest BCUT2D eigenvalue weighted by molar-refractivity contribution is -0.120. The zero-order chi connectivity index (χ0) is 11.8. The summed E-state index contributed by atoms with van der Waals surface area (Å²) in [7, 11) is 0. The molecule has 1 aliphatic rings. The molecule has 0 radical (unpaired) electrons. The predicted octanol–water partition coefficient (Wildman–Crippen LogP) is 0.571. The maximum absolute atomic E-state index is 11.5. The van der Waals surface area contributed by atoms with E-state index >= 15 is 0 Å². The number of hydrogen-bond donors (Lipinski definition) is 2. The molecule has 4 nitrogen and oxygen atoms in total. The third kappa shape index (κ3) is 7.13. The number of amides is 1. The molecule has 0 aromatic carbocycles. The number of hydrogen-bond acceptors (Lipinski definition) is 4. The highest BCUT2D eigenvalue weighted by Gasteiger charge is 2.11. The minimum absolute atomic E-state index is 0. The zero-order valence-corrected chi connectivity index (χ0v) is 12.3. The van der Waals surface area contributed by atoms with Crippen molar-refractivity contribution in [3.05, 3.63) is 0 Å². The normalized spacial score (nSPS) is 18.2. The van der Waals surface area contributed by atoms with Gasteiger partial charge in [0, 0.05) is 32.7 Å². The Bertz CT molecular complexity index is 213. The van der Waals surface area contributed by atoms with Gasteiger partial charge >= 0.3 is 0 Å². The number of nitrogens with zero attached hydrogens (tertiary/aromatic N) is 1. The summed E-state index contributed by atoms with van der Waals surface area (Å²) < 4.78 is 0. The fraction of sp³-hybridized carbons (Fsp3) is 0.909. The third-order valence-corrected chi connectivity index (χ3v) is 3.80. The Labute approximate surface area is 115 Å². The number of rotatable bonds is 6. The summed E-state index contributed by atoms with van der Waals surface area (Å²) in [5.41, 5.74) is 0. The average Bonchev–Trinajstić information content (AvgIpc) is 2.34. The van der Waals surface area contributed by atoms with Crippen LogP contribution < -0.4 is 10.6 Å². The molecule has 1 heterocycles.